The molecule has 0 fully saturated rings. The van der Waals surface area contributed by atoms with E-state index in [9.17, 15) is 14.9 Å². The maximum absolute atomic E-state index is 13.1. The Morgan fingerprint density at radius 2 is 1.77 bits per heavy atom. The fourth-order valence-electron chi connectivity index (χ4n) is 3.46. The first-order valence-electron chi connectivity index (χ1n) is 10.1. The number of nitro groups is 1. The van der Waals surface area contributed by atoms with Gasteiger partial charge in [-0.3, -0.25) is 19.6 Å². The predicted molar refractivity (Wildman–Crippen MR) is 117 cm³/mol. The third-order valence-corrected chi connectivity index (χ3v) is 5.11. The molecule has 3 aromatic rings. The van der Waals surface area contributed by atoms with Crippen LogP contribution in [0.5, 0.6) is 0 Å². The van der Waals surface area contributed by atoms with E-state index in [-0.39, 0.29) is 11.6 Å². The molecule has 1 amide bonds. The molecule has 1 heterocycles. The van der Waals surface area contributed by atoms with Crippen LogP contribution in [0, 0.1) is 24.0 Å². The molecule has 0 unspecified atom stereocenters. The summed E-state index contributed by atoms with van der Waals surface area (Å²) >= 11 is 0. The lowest BCUT2D eigenvalue weighted by Gasteiger charge is -2.23. The van der Waals surface area contributed by atoms with E-state index in [0.29, 0.717) is 30.0 Å². The molecule has 0 radical (unpaired) electrons. The Kier molecular flexibility index (Phi) is 6.61. The quantitative estimate of drug-likeness (QED) is 0.393. The minimum absolute atomic E-state index is 0.0389. The highest BCUT2D eigenvalue weighted by atomic mass is 16.6. The van der Waals surface area contributed by atoms with E-state index in [2.05, 4.69) is 12.0 Å². The van der Waals surface area contributed by atoms with Crippen LogP contribution in [0.2, 0.25) is 0 Å². The fraction of sp³-hybridized carbons (Fsp3) is 0.304. The number of hydrogen-bond acceptors (Lipinski definition) is 4. The van der Waals surface area contributed by atoms with Crippen molar-refractivity contribution in [3.63, 3.8) is 0 Å². The molecule has 0 aliphatic rings. The minimum Gasteiger partial charge on any atom is -0.308 e. The van der Waals surface area contributed by atoms with Crippen molar-refractivity contribution in [2.45, 2.75) is 40.2 Å². The number of hydrogen-bond donors (Lipinski definition) is 0. The van der Waals surface area contributed by atoms with Gasteiger partial charge in [0.05, 0.1) is 11.5 Å². The van der Waals surface area contributed by atoms with Gasteiger partial charge >= 0.3 is 5.69 Å². The molecular weight excluding hydrogens is 380 g/mol. The van der Waals surface area contributed by atoms with Crippen LogP contribution >= 0.6 is 0 Å². The number of aromatic nitrogens is 2. The van der Waals surface area contributed by atoms with Gasteiger partial charge in [0.2, 0.25) is 0 Å². The third kappa shape index (κ3) is 4.56. The second-order valence-electron chi connectivity index (χ2n) is 7.28. The van der Waals surface area contributed by atoms with Crippen molar-refractivity contribution in [1.82, 2.24) is 9.78 Å². The van der Waals surface area contributed by atoms with Gasteiger partial charge in [-0.05, 0) is 50.1 Å². The van der Waals surface area contributed by atoms with Gasteiger partial charge < -0.3 is 4.90 Å². The topological polar surface area (TPSA) is 81.3 Å². The summed E-state index contributed by atoms with van der Waals surface area (Å²) in [6, 6.07) is 17.0. The highest BCUT2D eigenvalue weighted by Gasteiger charge is 2.22. The summed E-state index contributed by atoms with van der Waals surface area (Å²) < 4.78 is 1.63. The number of carbonyl (C=O) groups excluding carboxylic acids is 1. The Morgan fingerprint density at radius 3 is 2.33 bits per heavy atom. The van der Waals surface area contributed by atoms with Crippen LogP contribution in [0.25, 0.3) is 0 Å². The second kappa shape index (κ2) is 9.35. The molecule has 3 rings (SSSR count). The smallest absolute Gasteiger partial charge is 0.308 e. The summed E-state index contributed by atoms with van der Waals surface area (Å²) in [5.41, 5.74) is 3.39. The maximum Gasteiger partial charge on any atom is 0.312 e. The number of rotatable bonds is 8. The van der Waals surface area contributed by atoms with Crippen molar-refractivity contribution >= 4 is 17.3 Å². The SMILES string of the molecule is CCCCN(C(=O)c1ccc(Cn2nc(C)c([N+](=O)[O-])c2C)cc1)c1ccccc1. The molecular formula is C23H26N4O3. The lowest BCUT2D eigenvalue weighted by molar-refractivity contribution is -0.386. The highest BCUT2D eigenvalue weighted by molar-refractivity contribution is 6.06. The summed E-state index contributed by atoms with van der Waals surface area (Å²) in [5, 5.41) is 15.5. The number of amides is 1. The van der Waals surface area contributed by atoms with Crippen LogP contribution in [0.4, 0.5) is 11.4 Å². The van der Waals surface area contributed by atoms with Crippen molar-refractivity contribution in [1.29, 1.82) is 0 Å². The van der Waals surface area contributed by atoms with Crippen molar-refractivity contribution in [3.05, 3.63) is 87.2 Å². The van der Waals surface area contributed by atoms with E-state index in [1.807, 2.05) is 47.4 Å². The molecule has 0 N–H and O–H groups in total. The van der Waals surface area contributed by atoms with Gasteiger partial charge in [0.15, 0.2) is 0 Å². The first kappa shape index (κ1) is 21.2. The van der Waals surface area contributed by atoms with Gasteiger partial charge in [-0.15, -0.1) is 0 Å². The Labute approximate surface area is 176 Å². The first-order valence-corrected chi connectivity index (χ1v) is 10.1. The largest absolute Gasteiger partial charge is 0.312 e. The number of carbonyl (C=O) groups is 1. The second-order valence-corrected chi connectivity index (χ2v) is 7.28. The monoisotopic (exact) mass is 406 g/mol. The standard InChI is InChI=1S/C23H26N4O3/c1-4-5-15-25(21-9-7-6-8-10-21)23(28)20-13-11-19(12-14-20)16-26-18(3)22(27(29)30)17(2)24-26/h6-14H,4-5,15-16H2,1-3H3. The van der Waals surface area contributed by atoms with Gasteiger partial charge in [-0.1, -0.05) is 43.7 Å². The van der Waals surface area contributed by atoms with E-state index in [0.717, 1.165) is 24.1 Å². The zero-order valence-electron chi connectivity index (χ0n) is 17.5. The van der Waals surface area contributed by atoms with E-state index in [1.54, 1.807) is 30.7 Å². The van der Waals surface area contributed by atoms with Crippen LogP contribution in [0.1, 0.15) is 47.1 Å². The molecule has 0 spiro atoms. The molecule has 0 atom stereocenters. The molecule has 30 heavy (non-hydrogen) atoms. The summed E-state index contributed by atoms with van der Waals surface area (Å²) in [6.07, 6.45) is 1.93. The molecule has 0 aliphatic heterocycles. The maximum atomic E-state index is 13.1. The molecule has 0 aliphatic carbocycles. The van der Waals surface area contributed by atoms with Crippen molar-refractivity contribution in [2.24, 2.45) is 0 Å². The summed E-state index contributed by atoms with van der Waals surface area (Å²) in [6.45, 7) is 6.51. The molecule has 0 bridgehead atoms. The number of anilines is 1. The van der Waals surface area contributed by atoms with Crippen LogP contribution in [-0.4, -0.2) is 27.2 Å². The summed E-state index contributed by atoms with van der Waals surface area (Å²) in [7, 11) is 0. The zero-order valence-corrected chi connectivity index (χ0v) is 17.5. The average molecular weight is 406 g/mol. The van der Waals surface area contributed by atoms with Crippen molar-refractivity contribution in [3.8, 4) is 0 Å². The fourth-order valence-corrected chi connectivity index (χ4v) is 3.46. The number of aryl methyl sites for hydroxylation is 1. The molecule has 0 saturated carbocycles. The zero-order chi connectivity index (χ0) is 21.7. The van der Waals surface area contributed by atoms with Gasteiger partial charge in [-0.2, -0.15) is 5.10 Å². The lowest BCUT2D eigenvalue weighted by atomic mass is 10.1. The van der Waals surface area contributed by atoms with E-state index in [1.165, 1.54) is 0 Å². The van der Waals surface area contributed by atoms with Crippen LogP contribution in [-0.2, 0) is 6.54 Å². The van der Waals surface area contributed by atoms with Crippen LogP contribution < -0.4 is 4.90 Å². The highest BCUT2D eigenvalue weighted by Crippen LogP contribution is 2.23. The predicted octanol–water partition coefficient (Wildman–Crippen LogP) is 4.90. The molecule has 7 heteroatoms. The molecule has 2 aromatic carbocycles. The molecule has 7 nitrogen and oxygen atoms in total. The van der Waals surface area contributed by atoms with Gasteiger partial charge in [0.25, 0.3) is 5.91 Å². The van der Waals surface area contributed by atoms with Crippen LogP contribution in [0.15, 0.2) is 54.6 Å². The summed E-state index contributed by atoms with van der Waals surface area (Å²) in [4.78, 5) is 25.7. The van der Waals surface area contributed by atoms with Crippen molar-refractivity contribution in [2.75, 3.05) is 11.4 Å². The summed E-state index contributed by atoms with van der Waals surface area (Å²) in [5.74, 6) is -0.0389. The van der Waals surface area contributed by atoms with E-state index < -0.39 is 4.92 Å². The van der Waals surface area contributed by atoms with Gasteiger partial charge in [0, 0.05) is 17.8 Å². The Hall–Kier alpha value is -3.48. The minimum atomic E-state index is -0.398. The Bertz CT molecular complexity index is 1030. The molecule has 0 saturated heterocycles. The average Bonchev–Trinajstić information content (AvgIpc) is 3.02. The Morgan fingerprint density at radius 1 is 1.10 bits per heavy atom. The third-order valence-electron chi connectivity index (χ3n) is 5.11. The Balaban J connectivity index is 1.80. The number of nitrogens with zero attached hydrogens (tertiary/aromatic N) is 4. The van der Waals surface area contributed by atoms with Crippen molar-refractivity contribution < 1.29 is 9.72 Å². The molecule has 1 aromatic heterocycles. The molecule has 156 valence electrons. The van der Waals surface area contributed by atoms with Gasteiger partial charge in [-0.25, -0.2) is 0 Å². The van der Waals surface area contributed by atoms with Crippen LogP contribution in [0.3, 0.4) is 0 Å². The number of benzene rings is 2. The van der Waals surface area contributed by atoms with Gasteiger partial charge in [0.1, 0.15) is 11.4 Å². The number of unbranched alkanes of at least 4 members (excludes halogenated alkanes) is 1. The van der Waals surface area contributed by atoms with E-state index >= 15 is 0 Å². The number of para-hydroxylation sites is 1. The van der Waals surface area contributed by atoms with E-state index in [4.69, 9.17) is 0 Å². The normalized spacial score (nSPS) is 10.8. The first-order chi connectivity index (χ1) is 14.4. The lowest BCUT2D eigenvalue weighted by Crippen LogP contribution is -2.31.